The van der Waals surface area contributed by atoms with Crippen molar-refractivity contribution in [2.45, 2.75) is 26.5 Å². The molecule has 1 aliphatic heterocycles. The Morgan fingerprint density at radius 1 is 1.32 bits per heavy atom. The Kier molecular flexibility index (Phi) is 6.54. The van der Waals surface area contributed by atoms with Crippen LogP contribution in [-0.2, 0) is 23.8 Å². The quantitative estimate of drug-likeness (QED) is 0.530. The van der Waals surface area contributed by atoms with Crippen molar-refractivity contribution in [3.8, 4) is 0 Å². The standard InChI is InChI=1S/C15H19BrN2O7/c1-3-23-13(20)10(14(21)24-4-2)8-5-6-25-12(8)18-7-9(16)11(19)17-15(18)22/h7-8,10,12H,3-6H2,1-2H3,(H,17,19,22)/t8-,12-/m1/s1. The first-order valence-corrected chi connectivity index (χ1v) is 8.65. The van der Waals surface area contributed by atoms with E-state index < -0.39 is 41.3 Å². The van der Waals surface area contributed by atoms with Crippen LogP contribution in [0.2, 0.25) is 0 Å². The molecule has 1 aromatic heterocycles. The van der Waals surface area contributed by atoms with Crippen LogP contribution in [0.25, 0.3) is 0 Å². The summed E-state index contributed by atoms with van der Waals surface area (Å²) in [6.07, 6.45) is 0.729. The fourth-order valence-electron chi connectivity index (χ4n) is 2.77. The van der Waals surface area contributed by atoms with Crippen LogP contribution >= 0.6 is 15.9 Å². The highest BCUT2D eigenvalue weighted by molar-refractivity contribution is 9.10. The smallest absolute Gasteiger partial charge is 0.330 e. The number of H-pyrrole nitrogens is 1. The lowest BCUT2D eigenvalue weighted by Crippen LogP contribution is -2.40. The van der Waals surface area contributed by atoms with Crippen molar-refractivity contribution in [3.63, 3.8) is 0 Å². The summed E-state index contributed by atoms with van der Waals surface area (Å²) in [6, 6.07) is 0. The SMILES string of the molecule is CCOC(=O)C(C(=O)OCC)[C@H]1CCO[C@H]1n1cc(Br)c(=O)[nH]c1=O. The number of carbonyl (C=O) groups excluding carboxylic acids is 2. The summed E-state index contributed by atoms with van der Waals surface area (Å²) in [6.45, 7) is 3.72. The van der Waals surface area contributed by atoms with Crippen LogP contribution in [0.4, 0.5) is 0 Å². The number of aromatic amines is 1. The van der Waals surface area contributed by atoms with Crippen molar-refractivity contribution in [1.29, 1.82) is 0 Å². The minimum Gasteiger partial charge on any atom is -0.465 e. The van der Waals surface area contributed by atoms with E-state index in [9.17, 15) is 19.2 Å². The monoisotopic (exact) mass is 418 g/mol. The van der Waals surface area contributed by atoms with Crippen LogP contribution in [0.15, 0.2) is 20.3 Å². The minimum absolute atomic E-state index is 0.108. The number of nitrogens with one attached hydrogen (secondary N) is 1. The van der Waals surface area contributed by atoms with Gasteiger partial charge in [-0.3, -0.25) is 23.9 Å². The molecule has 25 heavy (non-hydrogen) atoms. The van der Waals surface area contributed by atoms with E-state index >= 15 is 0 Å². The van der Waals surface area contributed by atoms with Crippen molar-refractivity contribution in [2.75, 3.05) is 19.8 Å². The highest BCUT2D eigenvalue weighted by Gasteiger charge is 2.45. The number of hydrogen-bond acceptors (Lipinski definition) is 7. The fourth-order valence-corrected chi connectivity index (χ4v) is 3.09. The maximum Gasteiger partial charge on any atom is 0.330 e. The molecule has 0 radical (unpaired) electrons. The summed E-state index contributed by atoms with van der Waals surface area (Å²) in [5.74, 6) is -3.32. The van der Waals surface area contributed by atoms with Gasteiger partial charge in [0.2, 0.25) is 0 Å². The number of hydrogen-bond donors (Lipinski definition) is 1. The predicted molar refractivity (Wildman–Crippen MR) is 88.9 cm³/mol. The summed E-state index contributed by atoms with van der Waals surface area (Å²) in [7, 11) is 0. The van der Waals surface area contributed by atoms with Crippen LogP contribution in [0, 0.1) is 11.8 Å². The Bertz CT molecular complexity index is 739. The van der Waals surface area contributed by atoms with Gasteiger partial charge in [-0.2, -0.15) is 0 Å². The van der Waals surface area contributed by atoms with E-state index in [1.54, 1.807) is 13.8 Å². The molecule has 1 aromatic rings. The summed E-state index contributed by atoms with van der Waals surface area (Å²) < 4.78 is 16.8. The molecule has 9 nitrogen and oxygen atoms in total. The normalized spacial score (nSPS) is 19.8. The maximum atomic E-state index is 12.3. The lowest BCUT2D eigenvalue weighted by Gasteiger charge is -2.25. The second-order valence-electron chi connectivity index (χ2n) is 5.34. The molecule has 2 atom stereocenters. The highest BCUT2D eigenvalue weighted by atomic mass is 79.9. The van der Waals surface area contributed by atoms with Gasteiger partial charge >= 0.3 is 17.6 Å². The first kappa shape index (κ1) is 19.4. The van der Waals surface area contributed by atoms with E-state index in [0.29, 0.717) is 6.42 Å². The van der Waals surface area contributed by atoms with Gasteiger partial charge in [-0.1, -0.05) is 0 Å². The van der Waals surface area contributed by atoms with Crippen molar-refractivity contribution in [3.05, 3.63) is 31.5 Å². The Balaban J connectivity index is 2.41. The molecule has 10 heteroatoms. The van der Waals surface area contributed by atoms with E-state index in [1.807, 2.05) is 0 Å². The van der Waals surface area contributed by atoms with Gasteiger partial charge in [0.15, 0.2) is 5.92 Å². The molecular formula is C15H19BrN2O7. The van der Waals surface area contributed by atoms with Gasteiger partial charge in [-0.25, -0.2) is 4.79 Å². The van der Waals surface area contributed by atoms with Gasteiger partial charge in [-0.05, 0) is 36.2 Å². The first-order chi connectivity index (χ1) is 11.9. The largest absolute Gasteiger partial charge is 0.465 e. The second kappa shape index (κ2) is 8.43. The molecule has 1 aliphatic rings. The Morgan fingerprint density at radius 2 is 1.92 bits per heavy atom. The fraction of sp³-hybridized carbons (Fsp3) is 0.600. The Morgan fingerprint density at radius 3 is 2.48 bits per heavy atom. The van der Waals surface area contributed by atoms with Crippen LogP contribution < -0.4 is 11.2 Å². The van der Waals surface area contributed by atoms with Gasteiger partial charge in [0, 0.05) is 18.7 Å². The number of rotatable bonds is 6. The minimum atomic E-state index is -1.22. The summed E-state index contributed by atoms with van der Waals surface area (Å²) in [5.41, 5.74) is -1.28. The van der Waals surface area contributed by atoms with Crippen LogP contribution in [0.3, 0.4) is 0 Å². The van der Waals surface area contributed by atoms with E-state index in [2.05, 4.69) is 20.9 Å². The zero-order valence-electron chi connectivity index (χ0n) is 13.8. The lowest BCUT2D eigenvalue weighted by atomic mass is 9.89. The Hall–Kier alpha value is -1.94. The van der Waals surface area contributed by atoms with Crippen molar-refractivity contribution < 1.29 is 23.8 Å². The van der Waals surface area contributed by atoms with E-state index in [1.165, 1.54) is 6.20 Å². The molecule has 0 spiro atoms. The number of carbonyl (C=O) groups is 2. The molecule has 0 saturated carbocycles. The lowest BCUT2D eigenvalue weighted by molar-refractivity contribution is -0.166. The van der Waals surface area contributed by atoms with Gasteiger partial charge in [0.05, 0.1) is 17.7 Å². The molecule has 138 valence electrons. The molecule has 0 aliphatic carbocycles. The second-order valence-corrected chi connectivity index (χ2v) is 6.19. The molecule has 0 amide bonds. The molecular weight excluding hydrogens is 400 g/mol. The summed E-state index contributed by atoms with van der Waals surface area (Å²) in [4.78, 5) is 50.4. The maximum absolute atomic E-state index is 12.3. The van der Waals surface area contributed by atoms with Gasteiger partial charge in [0.1, 0.15) is 6.23 Å². The average molecular weight is 419 g/mol. The number of nitrogens with zero attached hydrogens (tertiary/aromatic N) is 1. The van der Waals surface area contributed by atoms with Gasteiger partial charge < -0.3 is 14.2 Å². The third-order valence-electron chi connectivity index (χ3n) is 3.81. The van der Waals surface area contributed by atoms with E-state index in [-0.39, 0.29) is 24.3 Å². The van der Waals surface area contributed by atoms with Crippen LogP contribution in [0.5, 0.6) is 0 Å². The zero-order chi connectivity index (χ0) is 18.6. The molecule has 0 aromatic carbocycles. The first-order valence-electron chi connectivity index (χ1n) is 7.86. The molecule has 1 N–H and O–H groups in total. The molecule has 2 heterocycles. The third-order valence-corrected chi connectivity index (χ3v) is 4.38. The highest BCUT2D eigenvalue weighted by Crippen LogP contribution is 2.36. The van der Waals surface area contributed by atoms with Crippen LogP contribution in [0.1, 0.15) is 26.5 Å². The van der Waals surface area contributed by atoms with Crippen molar-refractivity contribution in [1.82, 2.24) is 9.55 Å². The predicted octanol–water partition coefficient (Wildman–Crippen LogP) is 0.577. The van der Waals surface area contributed by atoms with Crippen LogP contribution in [-0.4, -0.2) is 41.3 Å². The van der Waals surface area contributed by atoms with Gasteiger partial charge in [0.25, 0.3) is 5.56 Å². The zero-order valence-corrected chi connectivity index (χ0v) is 15.4. The molecule has 1 fully saturated rings. The topological polar surface area (TPSA) is 117 Å². The van der Waals surface area contributed by atoms with Gasteiger partial charge in [-0.15, -0.1) is 0 Å². The number of ether oxygens (including phenoxy) is 3. The molecule has 2 rings (SSSR count). The summed E-state index contributed by atoms with van der Waals surface area (Å²) >= 11 is 3.05. The van der Waals surface area contributed by atoms with Crippen molar-refractivity contribution >= 4 is 27.9 Å². The average Bonchev–Trinajstić information content (AvgIpc) is 3.00. The third kappa shape index (κ3) is 4.18. The molecule has 0 unspecified atom stereocenters. The van der Waals surface area contributed by atoms with E-state index in [4.69, 9.17) is 14.2 Å². The number of halogens is 1. The molecule has 0 bridgehead atoms. The number of esters is 2. The number of aromatic nitrogens is 2. The van der Waals surface area contributed by atoms with Crippen molar-refractivity contribution in [2.24, 2.45) is 11.8 Å². The Labute approximate surface area is 151 Å². The molecule has 1 saturated heterocycles. The van der Waals surface area contributed by atoms with E-state index in [0.717, 1.165) is 4.57 Å². The summed E-state index contributed by atoms with van der Waals surface area (Å²) in [5, 5.41) is 0.